The van der Waals surface area contributed by atoms with Gasteiger partial charge >= 0.3 is 0 Å². The Hall–Kier alpha value is -0.640. The summed E-state index contributed by atoms with van der Waals surface area (Å²) in [5.74, 6) is 0. The van der Waals surface area contributed by atoms with E-state index in [9.17, 15) is 0 Å². The lowest BCUT2D eigenvalue weighted by Crippen LogP contribution is -1.73. The normalized spacial score (nSPS) is 8.93. The Labute approximate surface area is 107 Å². The Kier molecular flexibility index (Phi) is 6.32. The van der Waals surface area contributed by atoms with Crippen molar-refractivity contribution in [2.75, 3.05) is 0 Å². The van der Waals surface area contributed by atoms with Gasteiger partial charge in [0, 0.05) is 0 Å². The van der Waals surface area contributed by atoms with Crippen molar-refractivity contribution in [3.05, 3.63) is 60.7 Å². The summed E-state index contributed by atoms with van der Waals surface area (Å²) in [6.45, 7) is 0. The molecule has 0 aliphatic heterocycles. The number of benzene rings is 2. The number of hydrogen-bond acceptors (Lipinski definition) is 1. The van der Waals surface area contributed by atoms with Crippen LogP contribution in [0.3, 0.4) is 0 Å². The minimum Gasteiger partial charge on any atom is -0.230 e. The molecule has 0 N–H and O–H groups in total. The van der Waals surface area contributed by atoms with Crippen molar-refractivity contribution < 1.29 is 2.92 Å². The Balaban J connectivity index is 0.000000337. The van der Waals surface area contributed by atoms with Crippen LogP contribution in [0.1, 0.15) is 0 Å². The van der Waals surface area contributed by atoms with Gasteiger partial charge in [-0.05, 0) is 11.1 Å². The lowest BCUT2D eigenvalue weighted by atomic mass is 10.1. The quantitative estimate of drug-likeness (QED) is 0.717. The van der Waals surface area contributed by atoms with E-state index in [-0.39, 0.29) is 0 Å². The second-order valence-electron chi connectivity index (χ2n) is 2.79. The van der Waals surface area contributed by atoms with Gasteiger partial charge in [0.1, 0.15) is 32.5 Å². The fourth-order valence-corrected chi connectivity index (χ4v) is 1.26. The molecule has 15 heavy (non-hydrogen) atoms. The molecular weight excluding hydrogens is 320 g/mol. The molecule has 0 bridgehead atoms. The maximum absolute atomic E-state index is 3.88. The third kappa shape index (κ3) is 4.60. The lowest BCUT2D eigenvalue weighted by Gasteiger charge is -1.98. The average molecular weight is 330 g/mol. The maximum Gasteiger partial charge on any atom is 0.115 e. The van der Waals surface area contributed by atoms with Crippen LogP contribution in [0.5, 0.6) is 0 Å². The maximum atomic E-state index is 3.88. The van der Waals surface area contributed by atoms with Crippen molar-refractivity contribution in [2.24, 2.45) is 0 Å². The molecule has 0 aromatic heterocycles. The molecule has 2 aromatic carbocycles. The van der Waals surface area contributed by atoms with Crippen molar-refractivity contribution in [3.63, 3.8) is 0 Å². The summed E-state index contributed by atoms with van der Waals surface area (Å²) in [5.41, 5.74) is 2.55. The molecular formula is C12H10Br2O. The van der Waals surface area contributed by atoms with Crippen molar-refractivity contribution in [1.29, 1.82) is 0 Å². The van der Waals surface area contributed by atoms with E-state index in [2.05, 4.69) is 84.0 Å². The van der Waals surface area contributed by atoms with E-state index in [1.807, 2.05) is 12.1 Å². The van der Waals surface area contributed by atoms with Gasteiger partial charge in [0.2, 0.25) is 0 Å². The zero-order valence-electron chi connectivity index (χ0n) is 7.94. The minimum atomic E-state index is 1.28. The smallest absolute Gasteiger partial charge is 0.115 e. The summed E-state index contributed by atoms with van der Waals surface area (Å²) in [5, 5.41) is 0. The fourth-order valence-electron chi connectivity index (χ4n) is 1.26. The van der Waals surface area contributed by atoms with Crippen LogP contribution in [0.4, 0.5) is 0 Å². The van der Waals surface area contributed by atoms with E-state index >= 15 is 0 Å². The molecule has 0 saturated heterocycles. The first-order valence-corrected chi connectivity index (χ1v) is 5.67. The SMILES string of the molecule is BrOBr.c1ccc(-c2ccccc2)cc1. The Morgan fingerprint density at radius 1 is 0.600 bits per heavy atom. The standard InChI is InChI=1S/C12H10.Br2O/c1-3-7-11(8-4-1)12-9-5-2-6-10-12;1-3-2/h1-10H;. The first kappa shape index (κ1) is 12.4. The largest absolute Gasteiger partial charge is 0.230 e. The van der Waals surface area contributed by atoms with Crippen molar-refractivity contribution in [2.45, 2.75) is 0 Å². The summed E-state index contributed by atoms with van der Waals surface area (Å²) in [7, 11) is 0. The van der Waals surface area contributed by atoms with E-state index in [0.29, 0.717) is 0 Å². The van der Waals surface area contributed by atoms with Gasteiger partial charge in [-0.3, -0.25) is 0 Å². The van der Waals surface area contributed by atoms with Gasteiger partial charge in [-0.25, -0.2) is 2.92 Å². The van der Waals surface area contributed by atoms with E-state index in [1.54, 1.807) is 0 Å². The zero-order chi connectivity index (χ0) is 10.9. The number of hydrogen-bond donors (Lipinski definition) is 0. The van der Waals surface area contributed by atoms with Crippen LogP contribution in [0.15, 0.2) is 60.7 Å². The van der Waals surface area contributed by atoms with Crippen LogP contribution in [0, 0.1) is 0 Å². The van der Waals surface area contributed by atoms with Crippen molar-refractivity contribution >= 4 is 32.5 Å². The highest BCUT2D eigenvalue weighted by molar-refractivity contribution is 9.18. The fraction of sp³-hybridized carbons (Fsp3) is 0. The molecule has 0 amide bonds. The molecule has 0 aliphatic carbocycles. The van der Waals surface area contributed by atoms with Crippen LogP contribution < -0.4 is 0 Å². The molecule has 2 rings (SSSR count). The molecule has 0 atom stereocenters. The van der Waals surface area contributed by atoms with Crippen LogP contribution in [-0.2, 0) is 2.92 Å². The second-order valence-corrected chi connectivity index (χ2v) is 4.31. The Morgan fingerprint density at radius 2 is 0.867 bits per heavy atom. The van der Waals surface area contributed by atoms with Crippen LogP contribution in [-0.4, -0.2) is 0 Å². The Bertz CT molecular complexity index is 324. The van der Waals surface area contributed by atoms with E-state index < -0.39 is 0 Å². The summed E-state index contributed by atoms with van der Waals surface area (Å²) in [4.78, 5) is 0. The lowest BCUT2D eigenvalue weighted by molar-refractivity contribution is 0.838. The van der Waals surface area contributed by atoms with E-state index in [0.717, 1.165) is 0 Å². The average Bonchev–Trinajstić information content (AvgIpc) is 2.32. The van der Waals surface area contributed by atoms with Crippen molar-refractivity contribution in [1.82, 2.24) is 0 Å². The summed E-state index contributed by atoms with van der Waals surface area (Å²) in [6.07, 6.45) is 0. The molecule has 0 heterocycles. The topological polar surface area (TPSA) is 9.23 Å². The van der Waals surface area contributed by atoms with Gasteiger partial charge in [-0.1, -0.05) is 60.7 Å². The molecule has 0 saturated carbocycles. The third-order valence-electron chi connectivity index (χ3n) is 1.88. The molecule has 0 spiro atoms. The highest BCUT2D eigenvalue weighted by atomic mass is 79.9. The molecule has 0 aliphatic rings. The van der Waals surface area contributed by atoms with Gasteiger partial charge in [0.05, 0.1) is 0 Å². The third-order valence-corrected chi connectivity index (χ3v) is 1.88. The predicted molar refractivity (Wildman–Crippen MR) is 70.8 cm³/mol. The van der Waals surface area contributed by atoms with Crippen LogP contribution in [0.2, 0.25) is 0 Å². The zero-order valence-corrected chi connectivity index (χ0v) is 11.1. The first-order chi connectivity index (χ1) is 7.38. The molecule has 1 nitrogen and oxygen atoms in total. The van der Waals surface area contributed by atoms with E-state index in [1.165, 1.54) is 11.1 Å². The number of halogens is 2. The first-order valence-electron chi connectivity index (χ1n) is 4.38. The predicted octanol–water partition coefficient (Wildman–Crippen LogP) is 4.98. The molecule has 0 radical (unpaired) electrons. The summed E-state index contributed by atoms with van der Waals surface area (Å²) < 4.78 is 3.88. The Morgan fingerprint density at radius 3 is 1.13 bits per heavy atom. The van der Waals surface area contributed by atoms with Gasteiger partial charge < -0.3 is 0 Å². The van der Waals surface area contributed by atoms with Gasteiger partial charge in [0.25, 0.3) is 0 Å². The molecule has 3 heteroatoms. The number of rotatable bonds is 1. The molecule has 0 unspecified atom stereocenters. The van der Waals surface area contributed by atoms with Crippen molar-refractivity contribution in [3.8, 4) is 11.1 Å². The molecule has 78 valence electrons. The monoisotopic (exact) mass is 328 g/mol. The van der Waals surface area contributed by atoms with E-state index in [4.69, 9.17) is 0 Å². The molecule has 0 fully saturated rings. The summed E-state index contributed by atoms with van der Waals surface area (Å²) in [6, 6.07) is 20.8. The minimum absolute atomic E-state index is 1.28. The van der Waals surface area contributed by atoms with Crippen LogP contribution >= 0.6 is 32.5 Å². The highest BCUT2D eigenvalue weighted by Crippen LogP contribution is 2.17. The second kappa shape index (κ2) is 7.63. The summed E-state index contributed by atoms with van der Waals surface area (Å²) >= 11 is 5.12. The molecule has 2 aromatic rings. The van der Waals surface area contributed by atoms with Gasteiger partial charge in [-0.15, -0.1) is 0 Å². The highest BCUT2D eigenvalue weighted by Gasteiger charge is 1.91. The van der Waals surface area contributed by atoms with Gasteiger partial charge in [0.15, 0.2) is 0 Å². The van der Waals surface area contributed by atoms with Gasteiger partial charge in [-0.2, -0.15) is 0 Å². The van der Waals surface area contributed by atoms with Crippen LogP contribution in [0.25, 0.3) is 11.1 Å².